The van der Waals surface area contributed by atoms with E-state index in [1.54, 1.807) is 0 Å². The lowest BCUT2D eigenvalue weighted by Crippen LogP contribution is -1.92. The largest absolute Gasteiger partial charge is 0.327 e. The van der Waals surface area contributed by atoms with Crippen molar-refractivity contribution < 1.29 is 0 Å². The predicted molar refractivity (Wildman–Crippen MR) is 209 cm³/mol. The number of benzene rings is 8. The molecule has 0 amide bonds. The van der Waals surface area contributed by atoms with Crippen LogP contribution in [0.4, 0.5) is 0 Å². The molecule has 236 valence electrons. The smallest absolute Gasteiger partial charge is 0.140 e. The van der Waals surface area contributed by atoms with Gasteiger partial charge in [-0.15, -0.1) is 0 Å². The molecule has 8 aromatic carbocycles. The fourth-order valence-corrected chi connectivity index (χ4v) is 7.73. The zero-order valence-electron chi connectivity index (χ0n) is 27.8. The first-order valence-corrected chi connectivity index (χ1v) is 17.0. The van der Waals surface area contributed by atoms with Crippen molar-refractivity contribution in [3.8, 4) is 45.0 Å². The first kappa shape index (κ1) is 28.5. The van der Waals surface area contributed by atoms with Crippen molar-refractivity contribution in [2.24, 2.45) is 14.1 Å². The molecule has 0 bridgehead atoms. The Hall–Kier alpha value is -6.52. The van der Waals surface area contributed by atoms with E-state index in [-0.39, 0.29) is 0 Å². The number of imidazole rings is 2. The van der Waals surface area contributed by atoms with Gasteiger partial charge in [0.1, 0.15) is 11.6 Å². The van der Waals surface area contributed by atoms with Crippen molar-refractivity contribution in [2.75, 3.05) is 0 Å². The van der Waals surface area contributed by atoms with E-state index in [2.05, 4.69) is 169 Å². The Labute approximate surface area is 289 Å². The highest BCUT2D eigenvalue weighted by atomic mass is 15.1. The van der Waals surface area contributed by atoms with Crippen LogP contribution in [0.15, 0.2) is 158 Å². The summed E-state index contributed by atoms with van der Waals surface area (Å²) in [6, 6.07) is 56.9. The van der Waals surface area contributed by atoms with Gasteiger partial charge in [-0.3, -0.25) is 0 Å². The minimum Gasteiger partial charge on any atom is -0.327 e. The SMILES string of the molecule is Cn1c(-c2ccc3cc(-c4cccc5cccc(-c6ccc7cc(-c8nc9ccccc9n8C)ccc7c6)c45)ccc3c2)nc2ccccc21. The number of para-hydroxylation sites is 4. The topological polar surface area (TPSA) is 35.6 Å². The molecule has 4 nitrogen and oxygen atoms in total. The molecule has 50 heavy (non-hydrogen) atoms. The van der Waals surface area contributed by atoms with Crippen LogP contribution >= 0.6 is 0 Å². The fourth-order valence-electron chi connectivity index (χ4n) is 7.73. The van der Waals surface area contributed by atoms with Crippen molar-refractivity contribution in [1.29, 1.82) is 0 Å². The van der Waals surface area contributed by atoms with Gasteiger partial charge in [0.25, 0.3) is 0 Å². The monoisotopic (exact) mass is 640 g/mol. The van der Waals surface area contributed by atoms with Gasteiger partial charge < -0.3 is 9.13 Å². The van der Waals surface area contributed by atoms with E-state index < -0.39 is 0 Å². The van der Waals surface area contributed by atoms with E-state index in [1.165, 1.54) is 54.6 Å². The highest BCUT2D eigenvalue weighted by Crippen LogP contribution is 2.39. The lowest BCUT2D eigenvalue weighted by atomic mass is 9.90. The normalized spacial score (nSPS) is 11.8. The zero-order chi connectivity index (χ0) is 33.3. The molecule has 0 saturated carbocycles. The number of hydrogen-bond donors (Lipinski definition) is 0. The van der Waals surface area contributed by atoms with Gasteiger partial charge in [0.2, 0.25) is 0 Å². The molecule has 0 atom stereocenters. The second-order valence-corrected chi connectivity index (χ2v) is 13.2. The summed E-state index contributed by atoms with van der Waals surface area (Å²) in [5.41, 5.74) is 11.4. The van der Waals surface area contributed by atoms with Crippen LogP contribution in [-0.2, 0) is 14.1 Å². The van der Waals surface area contributed by atoms with Gasteiger partial charge in [0.15, 0.2) is 0 Å². The Morgan fingerprint density at radius 2 is 0.760 bits per heavy atom. The molecule has 0 aliphatic rings. The van der Waals surface area contributed by atoms with E-state index in [4.69, 9.17) is 9.97 Å². The highest BCUT2D eigenvalue weighted by molar-refractivity contribution is 6.08. The fraction of sp³-hybridized carbons (Fsp3) is 0.0435. The third kappa shape index (κ3) is 4.46. The lowest BCUT2D eigenvalue weighted by molar-refractivity contribution is 0.960. The predicted octanol–water partition coefficient (Wildman–Crippen LogP) is 11.6. The maximum absolute atomic E-state index is 4.93. The number of fused-ring (bicyclic) bond motifs is 5. The maximum atomic E-state index is 4.93. The van der Waals surface area contributed by atoms with Crippen molar-refractivity contribution in [1.82, 2.24) is 19.1 Å². The summed E-state index contributed by atoms with van der Waals surface area (Å²) in [6.07, 6.45) is 0. The number of rotatable bonds is 4. The molecule has 4 heteroatoms. The number of aromatic nitrogens is 4. The summed E-state index contributed by atoms with van der Waals surface area (Å²) < 4.78 is 4.35. The van der Waals surface area contributed by atoms with Crippen LogP contribution in [0.2, 0.25) is 0 Å². The minimum absolute atomic E-state index is 0.979. The van der Waals surface area contributed by atoms with E-state index >= 15 is 0 Å². The van der Waals surface area contributed by atoms with Crippen LogP contribution in [0, 0.1) is 0 Å². The van der Waals surface area contributed by atoms with Gasteiger partial charge in [-0.2, -0.15) is 0 Å². The summed E-state index contributed by atoms with van der Waals surface area (Å²) in [7, 11) is 4.18. The lowest BCUT2D eigenvalue weighted by Gasteiger charge is -2.14. The molecule has 0 aliphatic carbocycles. The standard InChI is InChI=1S/C46H32N4/c1-49-42-15-5-3-13-40(42)47-45(49)36-23-19-30-25-34(21-17-32(30)27-36)38-11-7-9-29-10-8-12-39(44(29)38)35-22-18-33-28-37(24-20-31(33)26-35)46-48-41-14-4-6-16-43(41)50(46)2/h3-28H,1-2H3. The van der Waals surface area contributed by atoms with Crippen molar-refractivity contribution in [3.05, 3.63) is 158 Å². The van der Waals surface area contributed by atoms with Crippen molar-refractivity contribution in [2.45, 2.75) is 0 Å². The number of hydrogen-bond acceptors (Lipinski definition) is 2. The van der Waals surface area contributed by atoms with Crippen LogP contribution in [0.5, 0.6) is 0 Å². The molecular formula is C46H32N4. The zero-order valence-corrected chi connectivity index (χ0v) is 27.8. The molecule has 0 spiro atoms. The number of nitrogens with zero attached hydrogens (tertiary/aromatic N) is 4. The minimum atomic E-state index is 0.979. The molecule has 0 fully saturated rings. The Morgan fingerprint density at radius 3 is 1.20 bits per heavy atom. The first-order chi connectivity index (χ1) is 24.6. The van der Waals surface area contributed by atoms with E-state index in [0.717, 1.165) is 44.8 Å². The number of aryl methyl sites for hydroxylation is 2. The summed E-state index contributed by atoms with van der Waals surface area (Å²) >= 11 is 0. The summed E-state index contributed by atoms with van der Waals surface area (Å²) in [5.74, 6) is 1.96. The summed E-state index contributed by atoms with van der Waals surface area (Å²) in [6.45, 7) is 0. The molecule has 0 unspecified atom stereocenters. The molecule has 10 rings (SSSR count). The van der Waals surface area contributed by atoms with Crippen molar-refractivity contribution >= 4 is 54.4 Å². The van der Waals surface area contributed by atoms with Crippen molar-refractivity contribution in [3.63, 3.8) is 0 Å². The third-order valence-corrected chi connectivity index (χ3v) is 10.3. The third-order valence-electron chi connectivity index (χ3n) is 10.3. The quantitative estimate of drug-likeness (QED) is 0.192. The van der Waals surface area contributed by atoms with Gasteiger partial charge in [0.05, 0.1) is 22.1 Å². The second kappa shape index (κ2) is 11.0. The maximum Gasteiger partial charge on any atom is 0.140 e. The Morgan fingerprint density at radius 1 is 0.360 bits per heavy atom. The van der Waals surface area contributed by atoms with Gasteiger partial charge in [0, 0.05) is 25.2 Å². The summed E-state index contributed by atoms with van der Waals surface area (Å²) in [4.78, 5) is 9.87. The van der Waals surface area contributed by atoms with Gasteiger partial charge in [-0.05, 0) is 103 Å². The molecule has 0 aliphatic heterocycles. The van der Waals surface area contributed by atoms with E-state index in [0.29, 0.717) is 0 Å². The average molecular weight is 641 g/mol. The average Bonchev–Trinajstić information content (AvgIpc) is 3.69. The Bertz CT molecular complexity index is 2760. The van der Waals surface area contributed by atoms with Gasteiger partial charge in [-0.25, -0.2) is 9.97 Å². The van der Waals surface area contributed by atoms with Crippen LogP contribution in [-0.4, -0.2) is 19.1 Å². The molecule has 0 saturated heterocycles. The molecule has 0 radical (unpaired) electrons. The van der Waals surface area contributed by atoms with Gasteiger partial charge >= 0.3 is 0 Å². The first-order valence-electron chi connectivity index (χ1n) is 17.0. The molecular weight excluding hydrogens is 609 g/mol. The van der Waals surface area contributed by atoms with Gasteiger partial charge in [-0.1, -0.05) is 109 Å². The van der Waals surface area contributed by atoms with Crippen LogP contribution < -0.4 is 0 Å². The van der Waals surface area contributed by atoms with Crippen LogP contribution in [0.1, 0.15) is 0 Å². The summed E-state index contributed by atoms with van der Waals surface area (Å²) in [5, 5.41) is 7.32. The molecule has 10 aromatic rings. The molecule has 0 N–H and O–H groups in total. The van der Waals surface area contributed by atoms with E-state index in [1.807, 2.05) is 12.1 Å². The highest BCUT2D eigenvalue weighted by Gasteiger charge is 2.15. The molecule has 2 aromatic heterocycles. The second-order valence-electron chi connectivity index (χ2n) is 13.2. The van der Waals surface area contributed by atoms with E-state index in [9.17, 15) is 0 Å². The van der Waals surface area contributed by atoms with Crippen LogP contribution in [0.25, 0.3) is 99.4 Å². The molecule has 2 heterocycles. The Kier molecular flexibility index (Phi) is 6.27. The van der Waals surface area contributed by atoms with Crippen LogP contribution in [0.3, 0.4) is 0 Å². The Balaban J connectivity index is 1.05.